The molecule has 0 N–H and O–H groups in total. The second kappa shape index (κ2) is 5.93. The molecule has 0 aliphatic carbocycles. The fraction of sp³-hybridized carbons (Fsp3) is 0.500. The van der Waals surface area contributed by atoms with E-state index in [2.05, 4.69) is 25.9 Å². The molecule has 1 aliphatic heterocycles. The SMILES string of the molecule is O=C1CC(CS(=O)(=O)Cl)CN1c1ncc(Br)c(C(F)(F)F)n1. The van der Waals surface area contributed by atoms with Gasteiger partial charge in [-0.15, -0.1) is 0 Å². The van der Waals surface area contributed by atoms with Crippen molar-refractivity contribution in [1.29, 1.82) is 0 Å². The molecule has 2 rings (SSSR count). The molecular formula is C10H8BrClF3N3O3S. The highest BCUT2D eigenvalue weighted by atomic mass is 79.9. The third-order valence-electron chi connectivity index (χ3n) is 2.88. The number of hydrogen-bond donors (Lipinski definition) is 0. The fourth-order valence-corrected chi connectivity index (χ4v) is 3.79. The summed E-state index contributed by atoms with van der Waals surface area (Å²) in [5, 5.41) is 0. The minimum atomic E-state index is -4.71. The van der Waals surface area contributed by atoms with Crippen molar-refractivity contribution in [2.45, 2.75) is 12.6 Å². The molecule has 6 nitrogen and oxygen atoms in total. The zero-order valence-corrected chi connectivity index (χ0v) is 13.8. The van der Waals surface area contributed by atoms with Gasteiger partial charge in [0.25, 0.3) is 0 Å². The maximum atomic E-state index is 12.8. The lowest BCUT2D eigenvalue weighted by molar-refractivity contribution is -0.141. The average Bonchev–Trinajstić information content (AvgIpc) is 2.66. The second-order valence-corrected chi connectivity index (χ2v) is 8.32. The summed E-state index contributed by atoms with van der Waals surface area (Å²) in [6.07, 6.45) is -3.96. The summed E-state index contributed by atoms with van der Waals surface area (Å²) in [6, 6.07) is 0. The maximum absolute atomic E-state index is 12.8. The van der Waals surface area contributed by atoms with Gasteiger partial charge in [0.15, 0.2) is 5.69 Å². The predicted molar refractivity (Wildman–Crippen MR) is 74.8 cm³/mol. The Morgan fingerprint density at radius 1 is 1.45 bits per heavy atom. The summed E-state index contributed by atoms with van der Waals surface area (Å²) in [4.78, 5) is 19.8. The normalized spacial score (nSPS) is 19.8. The van der Waals surface area contributed by atoms with E-state index in [1.54, 1.807) is 0 Å². The van der Waals surface area contributed by atoms with Gasteiger partial charge in [-0.25, -0.2) is 18.4 Å². The summed E-state index contributed by atoms with van der Waals surface area (Å²) >= 11 is 2.70. The van der Waals surface area contributed by atoms with E-state index >= 15 is 0 Å². The van der Waals surface area contributed by atoms with Gasteiger partial charge >= 0.3 is 6.18 Å². The molecule has 122 valence electrons. The first-order chi connectivity index (χ1) is 9.97. The van der Waals surface area contributed by atoms with Gasteiger partial charge in [-0.05, 0) is 15.9 Å². The number of amides is 1. The van der Waals surface area contributed by atoms with Crippen molar-refractivity contribution < 1.29 is 26.4 Å². The lowest BCUT2D eigenvalue weighted by Gasteiger charge is -2.16. The van der Waals surface area contributed by atoms with Crippen molar-refractivity contribution >= 4 is 47.5 Å². The Labute approximate surface area is 136 Å². The van der Waals surface area contributed by atoms with Crippen molar-refractivity contribution in [3.63, 3.8) is 0 Å². The van der Waals surface area contributed by atoms with E-state index in [9.17, 15) is 26.4 Å². The van der Waals surface area contributed by atoms with Crippen molar-refractivity contribution in [3.05, 3.63) is 16.4 Å². The molecule has 22 heavy (non-hydrogen) atoms. The molecule has 0 radical (unpaired) electrons. The van der Waals surface area contributed by atoms with E-state index in [0.29, 0.717) is 0 Å². The van der Waals surface area contributed by atoms with Crippen LogP contribution in [0.4, 0.5) is 19.1 Å². The molecule has 0 aromatic carbocycles. The van der Waals surface area contributed by atoms with Crippen molar-refractivity contribution in [2.75, 3.05) is 17.2 Å². The van der Waals surface area contributed by atoms with Crippen LogP contribution in [0.3, 0.4) is 0 Å². The zero-order valence-electron chi connectivity index (χ0n) is 10.6. The number of anilines is 1. The van der Waals surface area contributed by atoms with Gasteiger partial charge in [-0.1, -0.05) is 0 Å². The van der Waals surface area contributed by atoms with Crippen LogP contribution in [0.2, 0.25) is 0 Å². The summed E-state index contributed by atoms with van der Waals surface area (Å²) < 4.78 is 60.1. The first-order valence-electron chi connectivity index (χ1n) is 5.80. The molecule has 1 aromatic rings. The van der Waals surface area contributed by atoms with E-state index < -0.39 is 44.4 Å². The van der Waals surface area contributed by atoms with Gasteiger partial charge < -0.3 is 0 Å². The minimum Gasteiger partial charge on any atom is -0.280 e. The Balaban J connectivity index is 2.28. The van der Waals surface area contributed by atoms with Gasteiger partial charge in [0.2, 0.25) is 20.9 Å². The summed E-state index contributed by atoms with van der Waals surface area (Å²) in [7, 11) is 1.31. The lowest BCUT2D eigenvalue weighted by atomic mass is 10.1. The summed E-state index contributed by atoms with van der Waals surface area (Å²) in [5.74, 6) is -2.04. The minimum absolute atomic E-state index is 0.107. The van der Waals surface area contributed by atoms with Crippen LogP contribution in [-0.2, 0) is 20.0 Å². The number of carbonyl (C=O) groups is 1. The number of hydrogen-bond acceptors (Lipinski definition) is 5. The Morgan fingerprint density at radius 2 is 2.09 bits per heavy atom. The van der Waals surface area contributed by atoms with Gasteiger partial charge in [-0.3, -0.25) is 9.69 Å². The van der Waals surface area contributed by atoms with Gasteiger partial charge in [-0.2, -0.15) is 13.2 Å². The molecule has 0 spiro atoms. The van der Waals surface area contributed by atoms with E-state index in [1.807, 2.05) is 0 Å². The largest absolute Gasteiger partial charge is 0.434 e. The van der Waals surface area contributed by atoms with E-state index in [0.717, 1.165) is 11.1 Å². The smallest absolute Gasteiger partial charge is 0.280 e. The van der Waals surface area contributed by atoms with E-state index in [1.165, 1.54) is 0 Å². The van der Waals surface area contributed by atoms with Crippen LogP contribution < -0.4 is 4.90 Å². The Kier molecular flexibility index (Phi) is 4.69. The molecule has 1 aromatic heterocycles. The van der Waals surface area contributed by atoms with Crippen molar-refractivity contribution in [2.24, 2.45) is 5.92 Å². The van der Waals surface area contributed by atoms with Crippen molar-refractivity contribution in [3.8, 4) is 0 Å². The molecule has 2 heterocycles. The number of alkyl halides is 3. The third-order valence-corrected chi connectivity index (χ3v) is 4.71. The highest BCUT2D eigenvalue weighted by molar-refractivity contribution is 9.10. The molecule has 12 heteroatoms. The molecule has 1 atom stereocenters. The molecule has 1 fully saturated rings. The van der Waals surface area contributed by atoms with Gasteiger partial charge in [0.05, 0.1) is 10.2 Å². The number of carbonyl (C=O) groups excluding carboxylic acids is 1. The average molecular weight is 423 g/mol. The van der Waals surface area contributed by atoms with Crippen LogP contribution in [0.25, 0.3) is 0 Å². The van der Waals surface area contributed by atoms with Crippen LogP contribution in [0.1, 0.15) is 12.1 Å². The van der Waals surface area contributed by atoms with E-state index in [-0.39, 0.29) is 17.4 Å². The van der Waals surface area contributed by atoms with Crippen LogP contribution in [0, 0.1) is 5.92 Å². The van der Waals surface area contributed by atoms with Crippen LogP contribution in [0.5, 0.6) is 0 Å². The van der Waals surface area contributed by atoms with Gasteiger partial charge in [0.1, 0.15) is 0 Å². The maximum Gasteiger partial charge on any atom is 0.434 e. The molecular weight excluding hydrogens is 415 g/mol. The molecule has 1 amide bonds. The number of halogens is 5. The predicted octanol–water partition coefficient (Wildman–Crippen LogP) is 2.18. The number of rotatable bonds is 3. The van der Waals surface area contributed by atoms with Crippen LogP contribution in [-0.4, -0.2) is 36.6 Å². The summed E-state index contributed by atoms with van der Waals surface area (Å²) in [5.41, 5.74) is -1.21. The Hall–Kier alpha value is -0.940. The third kappa shape index (κ3) is 4.07. The Bertz CT molecular complexity index is 713. The fourth-order valence-electron chi connectivity index (χ4n) is 2.05. The Morgan fingerprint density at radius 3 is 2.64 bits per heavy atom. The van der Waals surface area contributed by atoms with Crippen molar-refractivity contribution in [1.82, 2.24) is 9.97 Å². The van der Waals surface area contributed by atoms with E-state index in [4.69, 9.17) is 10.7 Å². The molecule has 1 saturated heterocycles. The highest BCUT2D eigenvalue weighted by Crippen LogP contribution is 2.34. The van der Waals surface area contributed by atoms with Crippen LogP contribution >= 0.6 is 26.6 Å². The highest BCUT2D eigenvalue weighted by Gasteiger charge is 2.39. The molecule has 0 saturated carbocycles. The summed E-state index contributed by atoms with van der Waals surface area (Å²) in [6.45, 7) is -0.107. The molecule has 1 aliphatic rings. The number of aromatic nitrogens is 2. The monoisotopic (exact) mass is 421 g/mol. The van der Waals surface area contributed by atoms with Gasteiger partial charge in [0, 0.05) is 35.8 Å². The molecule has 0 bridgehead atoms. The lowest BCUT2D eigenvalue weighted by Crippen LogP contribution is -2.28. The first-order valence-corrected chi connectivity index (χ1v) is 9.07. The number of nitrogens with zero attached hydrogens (tertiary/aromatic N) is 3. The topological polar surface area (TPSA) is 80.2 Å². The van der Waals surface area contributed by atoms with Crippen LogP contribution in [0.15, 0.2) is 10.7 Å². The zero-order chi connectivity index (χ0) is 16.7. The second-order valence-electron chi connectivity index (χ2n) is 4.64. The molecule has 1 unspecified atom stereocenters. The first kappa shape index (κ1) is 17.4. The standard InChI is InChI=1S/C10H8BrClF3N3O3S/c11-6-2-16-9(17-8(6)10(13,14)15)18-3-5(1-7(18)19)4-22(12,20)21/h2,5H,1,3-4H2. The quantitative estimate of drug-likeness (QED) is 0.698.